The van der Waals surface area contributed by atoms with Gasteiger partial charge in [-0.25, -0.2) is 0 Å². The van der Waals surface area contributed by atoms with E-state index >= 15 is 0 Å². The van der Waals surface area contributed by atoms with E-state index in [1.54, 1.807) is 12.4 Å². The van der Waals surface area contributed by atoms with Gasteiger partial charge in [0.1, 0.15) is 0 Å². The van der Waals surface area contributed by atoms with Gasteiger partial charge in [0, 0.05) is 43.5 Å². The molecule has 1 aromatic heterocycles. The zero-order valence-electron chi connectivity index (χ0n) is 19.8. The van der Waals surface area contributed by atoms with Crippen LogP contribution in [0.4, 0.5) is 0 Å². The lowest BCUT2D eigenvalue weighted by molar-refractivity contribution is -0.135. The largest absolute Gasteiger partial charge is 0.395 e. The topological polar surface area (TPSA) is 80.5 Å². The van der Waals surface area contributed by atoms with Gasteiger partial charge in [-0.05, 0) is 59.8 Å². The molecule has 0 aliphatic carbocycles. The highest BCUT2D eigenvalue weighted by molar-refractivity contribution is 5.78. The number of carbonyl (C=O) groups is 1. The summed E-state index contributed by atoms with van der Waals surface area (Å²) in [6.45, 7) is 2.51. The van der Waals surface area contributed by atoms with Gasteiger partial charge in [0.25, 0.3) is 0 Å². The number of aliphatic hydroxyl groups is 1. The molecule has 0 saturated carbocycles. The summed E-state index contributed by atoms with van der Waals surface area (Å²) in [7, 11) is 0. The monoisotopic (exact) mass is 466 g/mol. The van der Waals surface area contributed by atoms with Crippen LogP contribution in [-0.4, -0.2) is 64.1 Å². The van der Waals surface area contributed by atoms with Gasteiger partial charge < -0.3 is 10.0 Å². The molecule has 1 amide bonds. The van der Waals surface area contributed by atoms with Crippen molar-refractivity contribution >= 4 is 5.91 Å². The smallest absolute Gasteiger partial charge is 0.227 e. The van der Waals surface area contributed by atoms with Crippen molar-refractivity contribution in [1.29, 1.82) is 5.26 Å². The van der Waals surface area contributed by atoms with Gasteiger partial charge in [0.05, 0.1) is 24.7 Å². The van der Waals surface area contributed by atoms with E-state index < -0.39 is 0 Å². The zero-order chi connectivity index (χ0) is 24.2. The normalized spacial score (nSPS) is 22.3. The Kier molecular flexibility index (Phi) is 6.89. The third-order valence-electron chi connectivity index (χ3n) is 7.42. The molecule has 3 aromatic rings. The van der Waals surface area contributed by atoms with Crippen LogP contribution in [0.5, 0.6) is 0 Å². The number of carbonyl (C=O) groups excluding carboxylic acids is 1. The van der Waals surface area contributed by atoms with E-state index in [4.69, 9.17) is 0 Å². The molecular formula is C29H30N4O2. The fraction of sp³-hybridized carbons (Fsp3) is 0.345. The second-order valence-electron chi connectivity index (χ2n) is 9.48. The number of nitrogens with zero attached hydrogens (tertiary/aromatic N) is 4. The summed E-state index contributed by atoms with van der Waals surface area (Å²) in [5.74, 6) is 0.310. The number of amides is 1. The number of fused-ring (bicyclic) bond motifs is 1. The molecule has 6 heteroatoms. The van der Waals surface area contributed by atoms with Gasteiger partial charge in [0.2, 0.25) is 5.91 Å². The molecule has 0 bridgehead atoms. The number of aliphatic hydroxyl groups excluding tert-OH is 1. The lowest BCUT2D eigenvalue weighted by atomic mass is 9.74. The molecule has 2 aromatic carbocycles. The molecule has 0 radical (unpaired) electrons. The van der Waals surface area contributed by atoms with E-state index in [-0.39, 0.29) is 30.5 Å². The Balaban J connectivity index is 1.35. The fourth-order valence-electron chi connectivity index (χ4n) is 5.62. The first-order valence-electron chi connectivity index (χ1n) is 12.3. The molecule has 2 aliphatic rings. The van der Waals surface area contributed by atoms with E-state index in [9.17, 15) is 15.2 Å². The van der Waals surface area contributed by atoms with Gasteiger partial charge in [-0.1, -0.05) is 42.5 Å². The SMILES string of the molecule is N#Cc1cccc(-c2ccc([C@H]3[C@@H](CO)N4CCCCN(C(=O)Cc5cccnc5)C[C@H]34)cc2)c1. The zero-order valence-corrected chi connectivity index (χ0v) is 19.8. The van der Waals surface area contributed by atoms with Gasteiger partial charge >= 0.3 is 0 Å². The van der Waals surface area contributed by atoms with Crippen molar-refractivity contribution in [3.05, 3.63) is 89.7 Å². The van der Waals surface area contributed by atoms with Crippen LogP contribution in [0, 0.1) is 11.3 Å². The van der Waals surface area contributed by atoms with Gasteiger partial charge in [-0.15, -0.1) is 0 Å². The minimum atomic E-state index is 0.0705. The second-order valence-corrected chi connectivity index (χ2v) is 9.48. The fourth-order valence-corrected chi connectivity index (χ4v) is 5.62. The van der Waals surface area contributed by atoms with E-state index in [1.165, 1.54) is 5.56 Å². The number of hydrogen-bond acceptors (Lipinski definition) is 5. The molecule has 2 fully saturated rings. The third-order valence-corrected chi connectivity index (χ3v) is 7.42. The summed E-state index contributed by atoms with van der Waals surface area (Å²) in [4.78, 5) is 21.7. The summed E-state index contributed by atoms with van der Waals surface area (Å²) in [5.41, 5.74) is 4.85. The number of nitriles is 1. The number of hydrogen-bond donors (Lipinski definition) is 1. The highest BCUT2D eigenvalue weighted by Gasteiger charge is 2.49. The van der Waals surface area contributed by atoms with Gasteiger partial charge in [-0.2, -0.15) is 5.26 Å². The first kappa shape index (κ1) is 23.2. The van der Waals surface area contributed by atoms with Crippen molar-refractivity contribution in [3.8, 4) is 17.2 Å². The molecule has 3 heterocycles. The number of aromatic nitrogens is 1. The summed E-state index contributed by atoms with van der Waals surface area (Å²) in [5, 5.41) is 19.4. The van der Waals surface area contributed by atoms with Crippen molar-refractivity contribution in [2.24, 2.45) is 0 Å². The highest BCUT2D eigenvalue weighted by Crippen LogP contribution is 2.42. The van der Waals surface area contributed by atoms with Crippen molar-refractivity contribution in [1.82, 2.24) is 14.8 Å². The maximum atomic E-state index is 13.2. The third kappa shape index (κ3) is 4.84. The van der Waals surface area contributed by atoms with E-state index in [0.717, 1.165) is 42.6 Å². The average molecular weight is 467 g/mol. The van der Waals surface area contributed by atoms with Crippen molar-refractivity contribution < 1.29 is 9.90 Å². The maximum absolute atomic E-state index is 13.2. The Labute approximate surface area is 206 Å². The maximum Gasteiger partial charge on any atom is 0.227 e. The molecule has 2 aliphatic heterocycles. The van der Waals surface area contributed by atoms with Crippen molar-refractivity contribution in [3.63, 3.8) is 0 Å². The molecule has 1 N–H and O–H groups in total. The van der Waals surface area contributed by atoms with Gasteiger partial charge in [0.15, 0.2) is 0 Å². The molecule has 178 valence electrons. The minimum Gasteiger partial charge on any atom is -0.395 e. The van der Waals surface area contributed by atoms with E-state index in [1.807, 2.05) is 41.3 Å². The van der Waals surface area contributed by atoms with Crippen LogP contribution in [0.2, 0.25) is 0 Å². The average Bonchev–Trinajstić information content (AvgIpc) is 2.88. The number of benzene rings is 2. The Hall–Kier alpha value is -3.53. The standard InChI is InChI=1S/C29H30N4O2/c30-17-21-5-3-7-25(15-21)23-8-10-24(11-9-23)29-26-19-32(13-1-2-14-33(26)27(29)20-34)28(35)16-22-6-4-12-31-18-22/h3-12,15,18,26-27,29,34H,1-2,13-14,16,19-20H2/t26-,27-,29-/m1/s1. The Bertz CT molecular complexity index is 1210. The quantitative estimate of drug-likeness (QED) is 0.621. The van der Waals surface area contributed by atoms with Crippen LogP contribution in [0.1, 0.15) is 35.4 Å². The molecule has 0 unspecified atom stereocenters. The second kappa shape index (κ2) is 10.4. The Morgan fingerprint density at radius 1 is 1.06 bits per heavy atom. The van der Waals surface area contributed by atoms with Crippen LogP contribution >= 0.6 is 0 Å². The summed E-state index contributed by atoms with van der Waals surface area (Å²) >= 11 is 0. The lowest BCUT2D eigenvalue weighted by Crippen LogP contribution is -2.68. The number of rotatable bonds is 5. The first-order chi connectivity index (χ1) is 17.2. The molecular weight excluding hydrogens is 436 g/mol. The van der Waals surface area contributed by atoms with Crippen LogP contribution in [-0.2, 0) is 11.2 Å². The molecule has 6 nitrogen and oxygen atoms in total. The molecule has 2 saturated heterocycles. The Morgan fingerprint density at radius 2 is 1.89 bits per heavy atom. The minimum absolute atomic E-state index is 0.0705. The van der Waals surface area contributed by atoms with Crippen molar-refractivity contribution in [2.45, 2.75) is 37.3 Å². The first-order valence-corrected chi connectivity index (χ1v) is 12.3. The Morgan fingerprint density at radius 3 is 2.63 bits per heavy atom. The molecule has 0 spiro atoms. The number of pyridine rings is 1. The van der Waals surface area contributed by atoms with Crippen LogP contribution in [0.3, 0.4) is 0 Å². The van der Waals surface area contributed by atoms with Crippen LogP contribution in [0.25, 0.3) is 11.1 Å². The van der Waals surface area contributed by atoms with Crippen molar-refractivity contribution in [2.75, 3.05) is 26.2 Å². The van der Waals surface area contributed by atoms with Gasteiger partial charge in [-0.3, -0.25) is 14.7 Å². The van der Waals surface area contributed by atoms with E-state index in [0.29, 0.717) is 18.5 Å². The summed E-state index contributed by atoms with van der Waals surface area (Å²) < 4.78 is 0. The lowest BCUT2D eigenvalue weighted by Gasteiger charge is -2.57. The predicted octanol–water partition coefficient (Wildman–Crippen LogP) is 3.61. The summed E-state index contributed by atoms with van der Waals surface area (Å²) in [6.07, 6.45) is 5.84. The molecule has 5 rings (SSSR count). The highest BCUT2D eigenvalue weighted by atomic mass is 16.3. The van der Waals surface area contributed by atoms with Crippen LogP contribution in [0.15, 0.2) is 73.1 Å². The summed E-state index contributed by atoms with van der Waals surface area (Å²) in [6, 6.07) is 22.4. The van der Waals surface area contributed by atoms with E-state index in [2.05, 4.69) is 40.2 Å². The van der Waals surface area contributed by atoms with Crippen LogP contribution < -0.4 is 0 Å². The predicted molar refractivity (Wildman–Crippen MR) is 134 cm³/mol. The molecule has 35 heavy (non-hydrogen) atoms. The molecule has 3 atom stereocenters.